The van der Waals surface area contributed by atoms with Gasteiger partial charge in [0.25, 0.3) is 0 Å². The van der Waals surface area contributed by atoms with Gasteiger partial charge >= 0.3 is 0 Å². The van der Waals surface area contributed by atoms with Crippen molar-refractivity contribution >= 4 is 10.0 Å². The Morgan fingerprint density at radius 1 is 1.35 bits per heavy atom. The molecule has 0 aliphatic heterocycles. The highest BCUT2D eigenvalue weighted by Crippen LogP contribution is 2.29. The van der Waals surface area contributed by atoms with Crippen molar-refractivity contribution in [2.45, 2.75) is 25.3 Å². The van der Waals surface area contributed by atoms with Gasteiger partial charge in [0, 0.05) is 18.8 Å². The highest BCUT2D eigenvalue weighted by Gasteiger charge is 2.18. The molecule has 0 radical (unpaired) electrons. The van der Waals surface area contributed by atoms with Gasteiger partial charge in [-0.3, -0.25) is 4.68 Å². The van der Waals surface area contributed by atoms with E-state index in [1.165, 1.54) is 6.07 Å². The van der Waals surface area contributed by atoms with E-state index in [9.17, 15) is 8.42 Å². The lowest BCUT2D eigenvalue weighted by Gasteiger charge is -2.13. The van der Waals surface area contributed by atoms with Crippen LogP contribution >= 0.6 is 0 Å². The minimum Gasteiger partial charge on any atom is -0.487 e. The number of nitrogens with two attached hydrogens (primary N) is 1. The topological polar surface area (TPSA) is 87.2 Å². The maximum Gasteiger partial charge on any atom is 0.241 e. The fourth-order valence-corrected chi connectivity index (χ4v) is 2.84. The van der Waals surface area contributed by atoms with Crippen LogP contribution in [0.2, 0.25) is 0 Å². The first kappa shape index (κ1) is 14.5. The Kier molecular flexibility index (Phi) is 3.82. The van der Waals surface area contributed by atoms with Gasteiger partial charge in [-0.25, -0.2) is 13.6 Å². The first-order chi connectivity index (χ1) is 9.27. The summed E-state index contributed by atoms with van der Waals surface area (Å²) < 4.78 is 30.6. The van der Waals surface area contributed by atoms with Crippen LogP contribution < -0.4 is 9.88 Å². The SMILES string of the molecule is Cc1cc(C)c(OCc2cnn(C)c2)c(S(N)(=O)=O)c1. The number of nitrogens with zero attached hydrogens (tertiary/aromatic N) is 2. The molecule has 0 saturated heterocycles. The summed E-state index contributed by atoms with van der Waals surface area (Å²) in [6.45, 7) is 3.84. The first-order valence-electron chi connectivity index (χ1n) is 6.02. The summed E-state index contributed by atoms with van der Waals surface area (Å²) in [5, 5.41) is 9.27. The van der Waals surface area contributed by atoms with E-state index in [0.717, 1.165) is 16.7 Å². The zero-order valence-corrected chi connectivity index (χ0v) is 12.4. The minimum absolute atomic E-state index is 0.0129. The van der Waals surface area contributed by atoms with Crippen LogP contribution in [0.3, 0.4) is 0 Å². The molecule has 0 atom stereocenters. The zero-order valence-electron chi connectivity index (χ0n) is 11.6. The largest absolute Gasteiger partial charge is 0.487 e. The van der Waals surface area contributed by atoms with Gasteiger partial charge in [0.2, 0.25) is 10.0 Å². The summed E-state index contributed by atoms with van der Waals surface area (Å²) in [5.74, 6) is 0.293. The van der Waals surface area contributed by atoms with Crippen LogP contribution in [0.5, 0.6) is 5.75 Å². The molecule has 0 aliphatic carbocycles. The molecule has 1 aromatic heterocycles. The third-order valence-electron chi connectivity index (χ3n) is 2.83. The van der Waals surface area contributed by atoms with Gasteiger partial charge in [-0.05, 0) is 31.0 Å². The summed E-state index contributed by atoms with van der Waals surface area (Å²) >= 11 is 0. The van der Waals surface area contributed by atoms with Crippen LogP contribution in [0.25, 0.3) is 0 Å². The van der Waals surface area contributed by atoms with Gasteiger partial charge in [0.05, 0.1) is 6.20 Å². The van der Waals surface area contributed by atoms with Gasteiger partial charge in [-0.2, -0.15) is 5.10 Å². The second-order valence-electron chi connectivity index (χ2n) is 4.77. The van der Waals surface area contributed by atoms with Crippen molar-refractivity contribution in [3.8, 4) is 5.75 Å². The average molecular weight is 295 g/mol. The van der Waals surface area contributed by atoms with E-state index >= 15 is 0 Å². The van der Waals surface area contributed by atoms with E-state index in [-0.39, 0.29) is 11.5 Å². The van der Waals surface area contributed by atoms with E-state index in [2.05, 4.69) is 5.10 Å². The summed E-state index contributed by atoms with van der Waals surface area (Å²) in [5.41, 5.74) is 2.41. The van der Waals surface area contributed by atoms with E-state index in [4.69, 9.17) is 9.88 Å². The predicted molar refractivity (Wildman–Crippen MR) is 74.8 cm³/mol. The van der Waals surface area contributed by atoms with Gasteiger partial charge in [0.15, 0.2) is 0 Å². The minimum atomic E-state index is -3.82. The molecule has 1 aromatic carbocycles. The molecule has 0 bridgehead atoms. The van der Waals surface area contributed by atoms with Crippen molar-refractivity contribution < 1.29 is 13.2 Å². The predicted octanol–water partition coefficient (Wildman–Crippen LogP) is 1.26. The molecule has 2 N–H and O–H groups in total. The Morgan fingerprint density at radius 3 is 2.60 bits per heavy atom. The number of ether oxygens (including phenoxy) is 1. The van der Waals surface area contributed by atoms with Crippen molar-refractivity contribution in [3.63, 3.8) is 0 Å². The Labute approximate surface area is 118 Å². The number of primary sulfonamides is 1. The fraction of sp³-hybridized carbons (Fsp3) is 0.308. The fourth-order valence-electron chi connectivity index (χ4n) is 2.01. The van der Waals surface area contributed by atoms with Crippen molar-refractivity contribution in [3.05, 3.63) is 41.2 Å². The monoisotopic (exact) mass is 295 g/mol. The standard InChI is InChI=1S/C13H17N3O3S/c1-9-4-10(2)13(12(5-9)20(14,17)18)19-8-11-6-15-16(3)7-11/h4-7H,8H2,1-3H3,(H2,14,17,18). The van der Waals surface area contributed by atoms with Crippen LogP contribution in [-0.4, -0.2) is 18.2 Å². The lowest BCUT2D eigenvalue weighted by Crippen LogP contribution is -2.15. The van der Waals surface area contributed by atoms with Crippen LogP contribution in [0, 0.1) is 13.8 Å². The first-order valence-corrected chi connectivity index (χ1v) is 7.56. The maximum absolute atomic E-state index is 11.7. The molecule has 7 heteroatoms. The van der Waals surface area contributed by atoms with E-state index < -0.39 is 10.0 Å². The second-order valence-corrected chi connectivity index (χ2v) is 6.29. The number of benzene rings is 1. The smallest absolute Gasteiger partial charge is 0.241 e. The molecule has 0 saturated carbocycles. The number of aromatic nitrogens is 2. The number of sulfonamides is 1. The summed E-state index contributed by atoms with van der Waals surface area (Å²) in [7, 11) is -2.02. The normalized spacial score (nSPS) is 11.6. The Balaban J connectivity index is 2.35. The number of hydrogen-bond donors (Lipinski definition) is 1. The molecule has 6 nitrogen and oxygen atoms in total. The molecule has 0 aliphatic rings. The molecule has 0 unspecified atom stereocenters. The van der Waals surface area contributed by atoms with Crippen LogP contribution in [0.1, 0.15) is 16.7 Å². The lowest BCUT2D eigenvalue weighted by molar-refractivity contribution is 0.295. The Bertz CT molecular complexity index is 735. The van der Waals surface area contributed by atoms with Gasteiger partial charge in [-0.1, -0.05) is 6.07 Å². The van der Waals surface area contributed by atoms with Crippen molar-refractivity contribution in [2.24, 2.45) is 12.2 Å². The van der Waals surface area contributed by atoms with Gasteiger partial charge in [-0.15, -0.1) is 0 Å². The second kappa shape index (κ2) is 5.26. The quantitative estimate of drug-likeness (QED) is 0.920. The summed E-state index contributed by atoms with van der Waals surface area (Å²) in [6.07, 6.45) is 3.47. The van der Waals surface area contributed by atoms with Crippen LogP contribution in [0.15, 0.2) is 29.4 Å². The third kappa shape index (κ3) is 3.17. The van der Waals surface area contributed by atoms with Crippen LogP contribution in [0.4, 0.5) is 0 Å². The van der Waals surface area contributed by atoms with E-state index in [0.29, 0.717) is 5.75 Å². The van der Waals surface area contributed by atoms with Crippen molar-refractivity contribution in [1.82, 2.24) is 9.78 Å². The molecule has 0 fully saturated rings. The molecule has 0 amide bonds. The molecule has 0 spiro atoms. The summed E-state index contributed by atoms with van der Waals surface area (Å²) in [6, 6.07) is 3.37. The van der Waals surface area contributed by atoms with Gasteiger partial charge < -0.3 is 4.74 Å². The average Bonchev–Trinajstić information content (AvgIpc) is 2.72. The molecule has 1 heterocycles. The third-order valence-corrected chi connectivity index (χ3v) is 3.75. The maximum atomic E-state index is 11.7. The highest BCUT2D eigenvalue weighted by atomic mass is 32.2. The van der Waals surface area contributed by atoms with Gasteiger partial charge in [0.1, 0.15) is 17.3 Å². The van der Waals surface area contributed by atoms with Crippen LogP contribution in [-0.2, 0) is 23.7 Å². The molecule has 2 rings (SSSR count). The molecule has 108 valence electrons. The summed E-state index contributed by atoms with van der Waals surface area (Å²) in [4.78, 5) is 0.0129. The molecular formula is C13H17N3O3S. The van der Waals surface area contributed by atoms with Crippen molar-refractivity contribution in [2.75, 3.05) is 0 Å². The molecular weight excluding hydrogens is 278 g/mol. The van der Waals surface area contributed by atoms with E-state index in [1.807, 2.05) is 13.0 Å². The molecule has 2 aromatic rings. The highest BCUT2D eigenvalue weighted by molar-refractivity contribution is 7.89. The number of hydrogen-bond acceptors (Lipinski definition) is 4. The molecule has 20 heavy (non-hydrogen) atoms. The Hall–Kier alpha value is -1.86. The number of rotatable bonds is 4. The van der Waals surface area contributed by atoms with Crippen molar-refractivity contribution in [1.29, 1.82) is 0 Å². The van der Waals surface area contributed by atoms with E-state index in [1.54, 1.807) is 31.0 Å². The zero-order chi connectivity index (χ0) is 14.9. The lowest BCUT2D eigenvalue weighted by atomic mass is 10.1. The Morgan fingerprint density at radius 2 is 2.05 bits per heavy atom. The number of aryl methyl sites for hydroxylation is 3.